The highest BCUT2D eigenvalue weighted by molar-refractivity contribution is 4.98. The average Bonchev–Trinajstić information content (AvgIpc) is 3.10. The van der Waals surface area contributed by atoms with Crippen LogP contribution in [0.2, 0.25) is 0 Å². The monoisotopic (exact) mass is 242 g/mol. The molecule has 3 nitrogen and oxygen atoms in total. The molecule has 5 atom stereocenters. The van der Waals surface area contributed by atoms with Crippen LogP contribution in [0, 0.1) is 11.8 Å². The van der Waals surface area contributed by atoms with Crippen LogP contribution in [0.5, 0.6) is 0 Å². The largest absolute Gasteiger partial charge is 0.369 e. The van der Waals surface area contributed by atoms with E-state index in [1.807, 2.05) is 0 Å². The molecule has 0 bridgehead atoms. The summed E-state index contributed by atoms with van der Waals surface area (Å²) in [6.45, 7) is 2.24. The smallest absolute Gasteiger partial charge is 0.154 e. The Balaban J connectivity index is 1.83. The van der Waals surface area contributed by atoms with Crippen LogP contribution in [-0.4, -0.2) is 30.7 Å². The molecule has 0 radical (unpaired) electrons. The molecule has 1 N–H and O–H groups in total. The fraction of sp³-hybridized carbons (Fsp3) is 1.00. The fourth-order valence-corrected chi connectivity index (χ4v) is 3.30. The summed E-state index contributed by atoms with van der Waals surface area (Å²) in [5.41, 5.74) is 0. The minimum Gasteiger partial charge on any atom is -0.369 e. The van der Waals surface area contributed by atoms with Gasteiger partial charge in [-0.25, -0.2) is 0 Å². The first-order chi connectivity index (χ1) is 8.26. The normalized spacial score (nSPS) is 37.6. The van der Waals surface area contributed by atoms with Crippen LogP contribution in [0.15, 0.2) is 0 Å². The number of epoxide rings is 1. The predicted octanol–water partition coefficient (Wildman–Crippen LogP) is 2.72. The quantitative estimate of drug-likeness (QED) is 0.424. The van der Waals surface area contributed by atoms with Crippen molar-refractivity contribution in [3.63, 3.8) is 0 Å². The van der Waals surface area contributed by atoms with Gasteiger partial charge in [0.25, 0.3) is 0 Å². The van der Waals surface area contributed by atoms with E-state index in [-0.39, 0.29) is 0 Å². The highest BCUT2D eigenvalue weighted by atomic mass is 16.6. The molecule has 1 aliphatic carbocycles. The molecule has 1 heterocycles. The Kier molecular flexibility index (Phi) is 4.83. The SMILES string of the molecule is CCCCCC1C(CC(O)OC)CCC2OC21. The molecule has 2 aliphatic rings. The molecule has 1 saturated carbocycles. The Bertz CT molecular complexity index is 232. The number of fused-ring (bicyclic) bond motifs is 1. The predicted molar refractivity (Wildman–Crippen MR) is 66.6 cm³/mol. The van der Waals surface area contributed by atoms with E-state index in [0.29, 0.717) is 24.0 Å². The average molecular weight is 242 g/mol. The maximum atomic E-state index is 9.64. The first-order valence-electron chi connectivity index (χ1n) is 7.12. The third-order valence-electron chi connectivity index (χ3n) is 4.39. The molecule has 3 heteroatoms. The van der Waals surface area contributed by atoms with E-state index in [4.69, 9.17) is 9.47 Å². The number of hydrogen-bond acceptors (Lipinski definition) is 3. The molecule has 0 aromatic carbocycles. The van der Waals surface area contributed by atoms with Gasteiger partial charge in [-0.15, -0.1) is 0 Å². The van der Waals surface area contributed by atoms with Gasteiger partial charge in [-0.3, -0.25) is 0 Å². The van der Waals surface area contributed by atoms with Crippen LogP contribution in [0.1, 0.15) is 51.9 Å². The summed E-state index contributed by atoms with van der Waals surface area (Å²) < 4.78 is 10.7. The maximum absolute atomic E-state index is 9.64. The highest BCUT2D eigenvalue weighted by Gasteiger charge is 2.50. The lowest BCUT2D eigenvalue weighted by Crippen LogP contribution is -2.30. The molecule has 0 aromatic rings. The maximum Gasteiger partial charge on any atom is 0.154 e. The van der Waals surface area contributed by atoms with Crippen LogP contribution in [0.3, 0.4) is 0 Å². The van der Waals surface area contributed by atoms with Crippen LogP contribution >= 0.6 is 0 Å². The van der Waals surface area contributed by atoms with Crippen molar-refractivity contribution >= 4 is 0 Å². The molecule has 0 aromatic heterocycles. The van der Waals surface area contributed by atoms with Crippen molar-refractivity contribution in [2.24, 2.45) is 11.8 Å². The number of methoxy groups -OCH3 is 1. The molecule has 0 amide bonds. The summed E-state index contributed by atoms with van der Waals surface area (Å²) in [4.78, 5) is 0. The minimum absolute atomic E-state index is 0.495. The van der Waals surface area contributed by atoms with Gasteiger partial charge in [0.05, 0.1) is 12.2 Å². The molecule has 1 aliphatic heterocycles. The summed E-state index contributed by atoms with van der Waals surface area (Å²) in [5, 5.41) is 9.64. The Labute approximate surface area is 104 Å². The first kappa shape index (κ1) is 13.3. The number of aliphatic hydroxyl groups is 1. The lowest BCUT2D eigenvalue weighted by molar-refractivity contribution is -0.0939. The van der Waals surface area contributed by atoms with Gasteiger partial charge in [0.15, 0.2) is 6.29 Å². The van der Waals surface area contributed by atoms with Crippen LogP contribution in [0.4, 0.5) is 0 Å². The van der Waals surface area contributed by atoms with Gasteiger partial charge in [-0.1, -0.05) is 26.2 Å². The minimum atomic E-state index is -0.594. The van der Waals surface area contributed by atoms with Crippen molar-refractivity contribution in [3.8, 4) is 0 Å². The van der Waals surface area contributed by atoms with Crippen LogP contribution in [-0.2, 0) is 9.47 Å². The summed E-state index contributed by atoms with van der Waals surface area (Å²) >= 11 is 0. The lowest BCUT2D eigenvalue weighted by atomic mass is 9.75. The second kappa shape index (κ2) is 6.17. The first-order valence-corrected chi connectivity index (χ1v) is 7.12. The third kappa shape index (κ3) is 3.43. The van der Waals surface area contributed by atoms with Gasteiger partial charge in [0, 0.05) is 13.5 Å². The molecule has 17 heavy (non-hydrogen) atoms. The van der Waals surface area contributed by atoms with Crippen molar-refractivity contribution in [1.29, 1.82) is 0 Å². The molecule has 5 unspecified atom stereocenters. The van der Waals surface area contributed by atoms with Crippen LogP contribution in [0.25, 0.3) is 0 Å². The van der Waals surface area contributed by atoms with Gasteiger partial charge >= 0.3 is 0 Å². The Hall–Kier alpha value is -0.120. The molecule has 100 valence electrons. The van der Waals surface area contributed by atoms with Gasteiger partial charge in [-0.05, 0) is 31.1 Å². The van der Waals surface area contributed by atoms with E-state index in [2.05, 4.69) is 6.92 Å². The van der Waals surface area contributed by atoms with Gasteiger partial charge in [0.2, 0.25) is 0 Å². The molecule has 2 fully saturated rings. The van der Waals surface area contributed by atoms with Gasteiger partial charge in [0.1, 0.15) is 0 Å². The fourth-order valence-electron chi connectivity index (χ4n) is 3.30. The number of unbranched alkanes of at least 4 members (excludes halogenated alkanes) is 2. The molecular formula is C14H26O3. The van der Waals surface area contributed by atoms with Crippen molar-refractivity contribution < 1.29 is 14.6 Å². The van der Waals surface area contributed by atoms with Gasteiger partial charge < -0.3 is 14.6 Å². The second-order valence-electron chi connectivity index (χ2n) is 5.56. The zero-order chi connectivity index (χ0) is 12.3. The molecular weight excluding hydrogens is 216 g/mol. The summed E-state index contributed by atoms with van der Waals surface area (Å²) in [5.74, 6) is 1.25. The molecule has 0 spiro atoms. The van der Waals surface area contributed by atoms with E-state index in [1.54, 1.807) is 7.11 Å². The highest BCUT2D eigenvalue weighted by Crippen LogP contribution is 2.47. The summed E-state index contributed by atoms with van der Waals surface area (Å²) in [6, 6.07) is 0. The Morgan fingerprint density at radius 2 is 2.18 bits per heavy atom. The number of ether oxygens (including phenoxy) is 2. The summed E-state index contributed by atoms with van der Waals surface area (Å²) in [7, 11) is 1.58. The van der Waals surface area contributed by atoms with E-state index in [1.165, 1.54) is 38.5 Å². The van der Waals surface area contributed by atoms with E-state index >= 15 is 0 Å². The molecule has 2 rings (SSSR count). The lowest BCUT2D eigenvalue weighted by Gasteiger charge is -2.30. The third-order valence-corrected chi connectivity index (χ3v) is 4.39. The number of hydrogen-bond donors (Lipinski definition) is 1. The van der Waals surface area contributed by atoms with Crippen LogP contribution < -0.4 is 0 Å². The van der Waals surface area contributed by atoms with Crippen molar-refractivity contribution in [2.45, 2.75) is 70.4 Å². The van der Waals surface area contributed by atoms with Crippen molar-refractivity contribution in [1.82, 2.24) is 0 Å². The topological polar surface area (TPSA) is 42.0 Å². The zero-order valence-corrected chi connectivity index (χ0v) is 11.1. The number of aliphatic hydroxyl groups excluding tert-OH is 1. The number of rotatable bonds is 7. The van der Waals surface area contributed by atoms with Gasteiger partial charge in [-0.2, -0.15) is 0 Å². The van der Waals surface area contributed by atoms with Crippen molar-refractivity contribution in [2.75, 3.05) is 7.11 Å². The Morgan fingerprint density at radius 1 is 1.35 bits per heavy atom. The molecule has 1 saturated heterocycles. The Morgan fingerprint density at radius 3 is 2.88 bits per heavy atom. The van der Waals surface area contributed by atoms with E-state index in [0.717, 1.165) is 6.42 Å². The zero-order valence-electron chi connectivity index (χ0n) is 11.1. The summed E-state index contributed by atoms with van der Waals surface area (Å²) in [6.07, 6.45) is 8.73. The van der Waals surface area contributed by atoms with Crippen molar-refractivity contribution in [3.05, 3.63) is 0 Å². The second-order valence-corrected chi connectivity index (χ2v) is 5.56. The van der Waals surface area contributed by atoms with E-state index in [9.17, 15) is 5.11 Å². The van der Waals surface area contributed by atoms with E-state index < -0.39 is 6.29 Å². The standard InChI is InChI=1S/C14H26O3/c1-3-4-5-6-11-10(9-13(15)16-2)7-8-12-14(11)17-12/h10-15H,3-9H2,1-2H3.